The lowest BCUT2D eigenvalue weighted by Crippen LogP contribution is -2.44. The molecule has 1 aromatic carbocycles. The lowest BCUT2D eigenvalue weighted by molar-refractivity contribution is 0.0425. The minimum atomic E-state index is -1.49. The third-order valence-electron chi connectivity index (χ3n) is 3.22. The number of benzene rings is 1. The third-order valence-corrected chi connectivity index (χ3v) is 3.22. The highest BCUT2D eigenvalue weighted by Crippen LogP contribution is 2.25. The Labute approximate surface area is 166 Å². The molecule has 9 nitrogen and oxygen atoms in total. The minimum absolute atomic E-state index is 0.0884. The Morgan fingerprint density at radius 3 is 1.93 bits per heavy atom. The number of imide groups is 1. The number of halogens is 1. The van der Waals surface area contributed by atoms with Gasteiger partial charge >= 0.3 is 18.2 Å². The van der Waals surface area contributed by atoms with Crippen LogP contribution in [0.1, 0.15) is 52.0 Å². The number of fused-ring (bicyclic) bond motifs is 1. The standard InChI is InChI=1S/C19H22FN3O6/c1-18(2,3)28-16(26)23(17(27)29-19(4,5)6)15-21-12-10(8-7-9-11(12)20)13(22-15)14(24)25/h7-9H,1-6H3,(H,24,25). The number of aromatic carboxylic acids is 1. The van der Waals surface area contributed by atoms with Crippen molar-refractivity contribution in [2.45, 2.75) is 52.7 Å². The van der Waals surface area contributed by atoms with Crippen LogP contribution < -0.4 is 4.90 Å². The molecule has 1 N–H and O–H groups in total. The van der Waals surface area contributed by atoms with Crippen molar-refractivity contribution in [3.05, 3.63) is 29.7 Å². The molecule has 0 aliphatic rings. The van der Waals surface area contributed by atoms with E-state index < -0.39 is 46.8 Å². The number of aromatic nitrogens is 2. The number of carboxylic acids is 1. The summed E-state index contributed by atoms with van der Waals surface area (Å²) < 4.78 is 24.7. The largest absolute Gasteiger partial charge is 0.476 e. The number of hydrogen-bond donors (Lipinski definition) is 1. The molecule has 0 spiro atoms. The molecule has 2 aromatic rings. The Kier molecular flexibility index (Phi) is 5.77. The summed E-state index contributed by atoms with van der Waals surface area (Å²) in [6, 6.07) is 3.68. The van der Waals surface area contributed by atoms with E-state index in [1.807, 2.05) is 0 Å². The fraction of sp³-hybridized carbons (Fsp3) is 0.421. The van der Waals surface area contributed by atoms with Crippen molar-refractivity contribution < 1.29 is 33.4 Å². The number of carboxylic acid groups (broad SMARTS) is 1. The predicted octanol–water partition coefficient (Wildman–Crippen LogP) is 4.14. The number of nitrogens with zero attached hydrogens (tertiary/aromatic N) is 3. The lowest BCUT2D eigenvalue weighted by Gasteiger charge is -2.27. The van der Waals surface area contributed by atoms with Crippen molar-refractivity contribution in [1.29, 1.82) is 0 Å². The van der Waals surface area contributed by atoms with E-state index in [1.54, 1.807) is 41.5 Å². The van der Waals surface area contributed by atoms with Crippen molar-refractivity contribution in [3.63, 3.8) is 0 Å². The van der Waals surface area contributed by atoms with E-state index in [-0.39, 0.29) is 10.9 Å². The summed E-state index contributed by atoms with van der Waals surface area (Å²) in [7, 11) is 0. The zero-order chi connectivity index (χ0) is 22.1. The molecule has 0 fully saturated rings. The monoisotopic (exact) mass is 407 g/mol. The van der Waals surface area contributed by atoms with Crippen molar-refractivity contribution in [2.75, 3.05) is 4.90 Å². The lowest BCUT2D eigenvalue weighted by atomic mass is 10.2. The summed E-state index contributed by atoms with van der Waals surface area (Å²) in [5.74, 6) is -3.01. The topological polar surface area (TPSA) is 119 Å². The highest BCUT2D eigenvalue weighted by atomic mass is 19.1. The molecular weight excluding hydrogens is 385 g/mol. The fourth-order valence-electron chi connectivity index (χ4n) is 2.22. The van der Waals surface area contributed by atoms with E-state index in [0.29, 0.717) is 4.90 Å². The molecular formula is C19H22FN3O6. The molecule has 0 aliphatic heterocycles. The molecule has 10 heteroatoms. The first-order chi connectivity index (χ1) is 13.2. The summed E-state index contributed by atoms with van der Waals surface area (Å²) in [5, 5.41) is 9.38. The molecule has 29 heavy (non-hydrogen) atoms. The van der Waals surface area contributed by atoms with Gasteiger partial charge in [-0.3, -0.25) is 0 Å². The first kappa shape index (κ1) is 22.0. The number of anilines is 1. The number of rotatable bonds is 2. The smallest absolute Gasteiger partial charge is 0.427 e. The third kappa shape index (κ3) is 5.37. The van der Waals surface area contributed by atoms with Gasteiger partial charge in [-0.25, -0.2) is 28.7 Å². The van der Waals surface area contributed by atoms with Gasteiger partial charge in [-0.15, -0.1) is 4.90 Å². The van der Waals surface area contributed by atoms with Crippen LogP contribution in [0, 0.1) is 5.82 Å². The average molecular weight is 407 g/mol. The molecule has 0 radical (unpaired) electrons. The van der Waals surface area contributed by atoms with E-state index in [0.717, 1.165) is 6.07 Å². The summed E-state index contributed by atoms with van der Waals surface area (Å²) in [5.41, 5.74) is -2.93. The second kappa shape index (κ2) is 7.61. The Morgan fingerprint density at radius 1 is 0.966 bits per heavy atom. The maximum absolute atomic E-state index is 14.3. The minimum Gasteiger partial charge on any atom is -0.476 e. The van der Waals surface area contributed by atoms with Gasteiger partial charge < -0.3 is 14.6 Å². The first-order valence-corrected chi connectivity index (χ1v) is 8.65. The van der Waals surface area contributed by atoms with E-state index in [1.165, 1.54) is 12.1 Å². The SMILES string of the molecule is CC(C)(C)OC(=O)N(C(=O)OC(C)(C)C)c1nc(C(=O)O)c2cccc(F)c2n1. The van der Waals surface area contributed by atoms with Gasteiger partial charge in [0.15, 0.2) is 5.69 Å². The van der Waals surface area contributed by atoms with Gasteiger partial charge in [0.1, 0.15) is 22.5 Å². The van der Waals surface area contributed by atoms with Crippen LogP contribution in [-0.4, -0.2) is 44.4 Å². The van der Waals surface area contributed by atoms with Gasteiger partial charge in [0.05, 0.1) is 0 Å². The Bertz CT molecular complexity index is 950. The molecule has 1 heterocycles. The van der Waals surface area contributed by atoms with Crippen LogP contribution >= 0.6 is 0 Å². The van der Waals surface area contributed by atoms with Crippen molar-refractivity contribution in [3.8, 4) is 0 Å². The Morgan fingerprint density at radius 2 is 1.48 bits per heavy atom. The van der Waals surface area contributed by atoms with Crippen LogP contribution in [0.5, 0.6) is 0 Å². The zero-order valence-electron chi connectivity index (χ0n) is 16.9. The Hall–Kier alpha value is -3.30. The van der Waals surface area contributed by atoms with Crippen molar-refractivity contribution in [1.82, 2.24) is 9.97 Å². The van der Waals surface area contributed by atoms with Crippen molar-refractivity contribution in [2.24, 2.45) is 0 Å². The fourth-order valence-corrected chi connectivity index (χ4v) is 2.22. The molecule has 1 aromatic heterocycles. The normalized spacial score (nSPS) is 11.8. The molecule has 0 saturated heterocycles. The van der Waals surface area contributed by atoms with Crippen molar-refractivity contribution >= 4 is 35.0 Å². The van der Waals surface area contributed by atoms with Gasteiger partial charge in [-0.05, 0) is 47.6 Å². The van der Waals surface area contributed by atoms with E-state index in [9.17, 15) is 23.9 Å². The molecule has 0 aliphatic carbocycles. The molecule has 2 amide bonds. The van der Waals surface area contributed by atoms with Gasteiger partial charge in [-0.2, -0.15) is 0 Å². The number of carbonyl (C=O) groups excluding carboxylic acids is 2. The number of ether oxygens (including phenoxy) is 2. The van der Waals surface area contributed by atoms with E-state index >= 15 is 0 Å². The van der Waals surface area contributed by atoms with Gasteiger partial charge in [0.2, 0.25) is 5.95 Å². The number of amides is 2. The summed E-state index contributed by atoms with van der Waals surface area (Å²) in [6.45, 7) is 9.43. The Balaban J connectivity index is 2.70. The summed E-state index contributed by atoms with van der Waals surface area (Å²) in [6.07, 6.45) is -2.39. The van der Waals surface area contributed by atoms with Crippen LogP contribution in [0.15, 0.2) is 18.2 Å². The van der Waals surface area contributed by atoms with Gasteiger partial charge in [0, 0.05) is 5.39 Å². The molecule has 0 unspecified atom stereocenters. The first-order valence-electron chi connectivity index (χ1n) is 8.65. The zero-order valence-corrected chi connectivity index (χ0v) is 16.9. The van der Waals surface area contributed by atoms with Crippen LogP contribution in [0.4, 0.5) is 19.9 Å². The van der Waals surface area contributed by atoms with E-state index in [2.05, 4.69) is 9.97 Å². The molecule has 2 rings (SSSR count). The second-order valence-electron chi connectivity index (χ2n) is 8.11. The van der Waals surface area contributed by atoms with Crippen LogP contribution in [0.25, 0.3) is 10.9 Å². The molecule has 0 saturated carbocycles. The molecule has 0 bridgehead atoms. The molecule has 156 valence electrons. The second-order valence-corrected chi connectivity index (χ2v) is 8.11. The number of carbonyl (C=O) groups is 3. The van der Waals surface area contributed by atoms with E-state index in [4.69, 9.17) is 9.47 Å². The predicted molar refractivity (Wildman–Crippen MR) is 101 cm³/mol. The van der Waals surface area contributed by atoms with Crippen LogP contribution in [-0.2, 0) is 9.47 Å². The maximum Gasteiger partial charge on any atom is 0.427 e. The quantitative estimate of drug-likeness (QED) is 0.789. The highest BCUT2D eigenvalue weighted by Gasteiger charge is 2.35. The number of para-hydroxylation sites is 1. The average Bonchev–Trinajstić information content (AvgIpc) is 2.51. The summed E-state index contributed by atoms with van der Waals surface area (Å²) in [4.78, 5) is 45.0. The number of hydrogen-bond acceptors (Lipinski definition) is 7. The maximum atomic E-state index is 14.3. The highest BCUT2D eigenvalue weighted by molar-refractivity contribution is 6.09. The van der Waals surface area contributed by atoms with Gasteiger partial charge in [0.25, 0.3) is 0 Å². The van der Waals surface area contributed by atoms with Crippen LogP contribution in [0.3, 0.4) is 0 Å². The summed E-state index contributed by atoms with van der Waals surface area (Å²) >= 11 is 0. The molecule has 0 atom stereocenters. The van der Waals surface area contributed by atoms with Gasteiger partial charge in [-0.1, -0.05) is 12.1 Å². The van der Waals surface area contributed by atoms with Crippen LogP contribution in [0.2, 0.25) is 0 Å².